The van der Waals surface area contributed by atoms with Gasteiger partial charge in [-0.05, 0) is 37.3 Å². The number of nitro benzene ring substituents is 1. The number of carbonyl (C=O) groups excluding carboxylic acids is 2. The number of hydrogen-bond donors (Lipinski definition) is 1. The van der Waals surface area contributed by atoms with Crippen LogP contribution in [0.25, 0.3) is 16.5 Å². The van der Waals surface area contributed by atoms with E-state index in [1.165, 1.54) is 23.6 Å². The van der Waals surface area contributed by atoms with Crippen molar-refractivity contribution in [2.24, 2.45) is 0 Å². The van der Waals surface area contributed by atoms with Gasteiger partial charge in [-0.3, -0.25) is 19.7 Å². The summed E-state index contributed by atoms with van der Waals surface area (Å²) in [4.78, 5) is 49.3. The molecule has 35 heavy (non-hydrogen) atoms. The Morgan fingerprint density at radius 3 is 2.63 bits per heavy atom. The van der Waals surface area contributed by atoms with Crippen molar-refractivity contribution in [3.63, 3.8) is 0 Å². The normalized spacial score (nSPS) is 10.8. The minimum atomic E-state index is -0.801. The lowest BCUT2D eigenvalue weighted by Crippen LogP contribution is -2.25. The van der Waals surface area contributed by atoms with Gasteiger partial charge in [0.2, 0.25) is 0 Å². The number of rotatable bonds is 6. The molecule has 2 aromatic heterocycles. The van der Waals surface area contributed by atoms with Gasteiger partial charge in [-0.2, -0.15) is 9.78 Å². The van der Waals surface area contributed by atoms with Crippen molar-refractivity contribution in [3.05, 3.63) is 90.4 Å². The summed E-state index contributed by atoms with van der Waals surface area (Å²) in [5, 5.41) is 19.3. The molecule has 178 valence electrons. The van der Waals surface area contributed by atoms with Gasteiger partial charge in [-0.1, -0.05) is 11.6 Å². The number of benzene rings is 2. The zero-order valence-electron chi connectivity index (χ0n) is 17.8. The molecule has 0 saturated carbocycles. The zero-order valence-corrected chi connectivity index (χ0v) is 19.4. The average molecular weight is 517 g/mol. The second kappa shape index (κ2) is 9.60. The number of nitrogens with zero attached hydrogens (tertiary/aromatic N) is 3. The molecule has 0 atom stereocenters. The predicted molar refractivity (Wildman–Crippen MR) is 127 cm³/mol. The molecular formula is C22H14ClFN4O6S. The van der Waals surface area contributed by atoms with Crippen LogP contribution in [0.15, 0.2) is 52.6 Å². The molecule has 0 fully saturated rings. The van der Waals surface area contributed by atoms with E-state index in [2.05, 4.69) is 10.4 Å². The molecule has 4 rings (SSSR count). The quantitative estimate of drug-likeness (QED) is 0.225. The fourth-order valence-electron chi connectivity index (χ4n) is 3.22. The van der Waals surface area contributed by atoms with Crippen molar-refractivity contribution in [1.82, 2.24) is 9.78 Å². The highest BCUT2D eigenvalue weighted by Crippen LogP contribution is 2.32. The highest BCUT2D eigenvalue weighted by Gasteiger charge is 2.24. The van der Waals surface area contributed by atoms with E-state index in [-0.39, 0.29) is 50.0 Å². The van der Waals surface area contributed by atoms with E-state index in [0.29, 0.717) is 0 Å². The molecular weight excluding hydrogens is 503 g/mol. The summed E-state index contributed by atoms with van der Waals surface area (Å²) in [7, 11) is 0. The maximum Gasteiger partial charge on any atom is 0.359 e. The summed E-state index contributed by atoms with van der Waals surface area (Å²) >= 11 is 7.00. The maximum absolute atomic E-state index is 13.4. The molecule has 0 aliphatic heterocycles. The number of esters is 1. The summed E-state index contributed by atoms with van der Waals surface area (Å²) in [6.07, 6.45) is 0. The summed E-state index contributed by atoms with van der Waals surface area (Å²) in [5.74, 6) is -2.14. The highest BCUT2D eigenvalue weighted by atomic mass is 35.5. The van der Waals surface area contributed by atoms with Gasteiger partial charge in [0.05, 0.1) is 33.2 Å². The molecule has 4 aromatic rings. The molecule has 1 N–H and O–H groups in total. The topological polar surface area (TPSA) is 133 Å². The Kier molecular flexibility index (Phi) is 6.58. The van der Waals surface area contributed by atoms with Crippen LogP contribution in [0.1, 0.15) is 27.8 Å². The third kappa shape index (κ3) is 4.61. The minimum absolute atomic E-state index is 0.0356. The minimum Gasteiger partial charge on any atom is -0.461 e. The largest absolute Gasteiger partial charge is 0.461 e. The smallest absolute Gasteiger partial charge is 0.359 e. The van der Waals surface area contributed by atoms with E-state index in [4.69, 9.17) is 16.3 Å². The number of non-ortho nitro benzene ring substituents is 1. The van der Waals surface area contributed by atoms with Gasteiger partial charge >= 0.3 is 5.97 Å². The first-order chi connectivity index (χ1) is 16.7. The number of ether oxygens (including phenoxy) is 1. The third-order valence-corrected chi connectivity index (χ3v) is 6.05. The Bertz CT molecular complexity index is 1550. The van der Waals surface area contributed by atoms with Gasteiger partial charge in [0.25, 0.3) is 17.2 Å². The van der Waals surface area contributed by atoms with Crippen LogP contribution in [0, 0.1) is 15.9 Å². The summed E-state index contributed by atoms with van der Waals surface area (Å²) in [6, 6.07) is 8.23. The van der Waals surface area contributed by atoms with Crippen molar-refractivity contribution >= 4 is 56.3 Å². The molecule has 2 aromatic carbocycles. The Hall–Kier alpha value is -4.16. The number of thiophene rings is 1. The van der Waals surface area contributed by atoms with Crippen molar-refractivity contribution in [2.75, 3.05) is 11.9 Å². The highest BCUT2D eigenvalue weighted by molar-refractivity contribution is 7.16. The van der Waals surface area contributed by atoms with Crippen molar-refractivity contribution in [1.29, 1.82) is 0 Å². The molecule has 0 radical (unpaired) electrons. The third-order valence-electron chi connectivity index (χ3n) is 4.82. The summed E-state index contributed by atoms with van der Waals surface area (Å²) < 4.78 is 19.4. The van der Waals surface area contributed by atoms with E-state index < -0.39 is 28.2 Å². The molecule has 0 saturated heterocycles. The number of amides is 1. The molecule has 2 heterocycles. The number of fused-ring (bicyclic) bond motifs is 1. The number of hydrogen-bond acceptors (Lipinski definition) is 8. The van der Waals surface area contributed by atoms with E-state index in [9.17, 15) is 28.9 Å². The number of nitrogens with one attached hydrogen (secondary N) is 1. The first-order valence-corrected chi connectivity index (χ1v) is 11.2. The summed E-state index contributed by atoms with van der Waals surface area (Å²) in [5.41, 5.74) is -1.23. The first kappa shape index (κ1) is 24.0. The monoisotopic (exact) mass is 516 g/mol. The number of nitro groups is 1. The van der Waals surface area contributed by atoms with Crippen molar-refractivity contribution < 1.29 is 23.6 Å². The summed E-state index contributed by atoms with van der Waals surface area (Å²) in [6.45, 7) is 1.66. The number of carbonyl (C=O) groups is 2. The van der Waals surface area contributed by atoms with E-state index >= 15 is 0 Å². The van der Waals surface area contributed by atoms with E-state index in [1.54, 1.807) is 6.92 Å². The molecule has 0 unspecified atom stereocenters. The molecule has 0 bridgehead atoms. The second-order valence-corrected chi connectivity index (χ2v) is 8.28. The molecule has 10 nitrogen and oxygen atoms in total. The lowest BCUT2D eigenvalue weighted by molar-refractivity contribution is -0.384. The first-order valence-electron chi connectivity index (χ1n) is 9.94. The lowest BCUT2D eigenvalue weighted by Gasteiger charge is -2.10. The van der Waals surface area contributed by atoms with E-state index in [1.807, 2.05) is 0 Å². The van der Waals surface area contributed by atoms with Gasteiger partial charge in [0.15, 0.2) is 5.69 Å². The fraction of sp³-hybridized carbons (Fsp3) is 0.0909. The van der Waals surface area contributed by atoms with Crippen LogP contribution in [-0.2, 0) is 4.74 Å². The van der Waals surface area contributed by atoms with Crippen LogP contribution in [-0.4, -0.2) is 33.2 Å². The van der Waals surface area contributed by atoms with Gasteiger partial charge < -0.3 is 10.1 Å². The Morgan fingerprint density at radius 1 is 1.26 bits per heavy atom. The van der Waals surface area contributed by atoms with Crippen LogP contribution < -0.4 is 10.9 Å². The van der Waals surface area contributed by atoms with Crippen LogP contribution in [0.2, 0.25) is 5.02 Å². The second-order valence-electron chi connectivity index (χ2n) is 6.99. The van der Waals surface area contributed by atoms with Crippen LogP contribution in [0.5, 0.6) is 0 Å². The molecule has 0 aliphatic rings. The zero-order chi connectivity index (χ0) is 25.3. The van der Waals surface area contributed by atoms with Gasteiger partial charge in [0.1, 0.15) is 10.8 Å². The predicted octanol–water partition coefficient (Wildman–Crippen LogP) is 4.58. The van der Waals surface area contributed by atoms with Crippen LogP contribution >= 0.6 is 22.9 Å². The van der Waals surface area contributed by atoms with Crippen LogP contribution in [0.3, 0.4) is 0 Å². The van der Waals surface area contributed by atoms with Crippen molar-refractivity contribution in [2.45, 2.75) is 6.92 Å². The van der Waals surface area contributed by atoms with Gasteiger partial charge in [0, 0.05) is 22.9 Å². The number of aromatic nitrogens is 2. The van der Waals surface area contributed by atoms with Crippen molar-refractivity contribution in [3.8, 4) is 5.69 Å². The van der Waals surface area contributed by atoms with Gasteiger partial charge in [-0.15, -0.1) is 11.3 Å². The van der Waals surface area contributed by atoms with Crippen LogP contribution in [0.4, 0.5) is 15.1 Å². The SMILES string of the molecule is CCOC(=O)c1nn(-c2ccc(F)cc2)c(=O)c2c(NC(=O)c3cc([N+](=O)[O-])ccc3Cl)scc12. The standard InChI is InChI=1S/C22H14ClFN4O6S/c1-2-34-22(31)18-15-10-35-20(25-19(29)14-9-13(28(32)33)7-8-16(14)23)17(15)21(30)27(26-18)12-5-3-11(24)4-6-12/h3-10H,2H2,1H3,(H,25,29). The molecule has 0 aliphatic carbocycles. The lowest BCUT2D eigenvalue weighted by atomic mass is 10.2. The molecule has 1 amide bonds. The number of anilines is 1. The molecule has 13 heteroatoms. The Morgan fingerprint density at radius 2 is 1.97 bits per heavy atom. The maximum atomic E-state index is 13.4. The fourth-order valence-corrected chi connectivity index (χ4v) is 4.36. The van der Waals surface area contributed by atoms with Gasteiger partial charge in [-0.25, -0.2) is 9.18 Å². The average Bonchev–Trinajstić information content (AvgIpc) is 3.24. The Balaban J connectivity index is 1.87. The van der Waals surface area contributed by atoms with E-state index in [0.717, 1.165) is 40.3 Å². The Labute approximate surface area is 204 Å². The molecule has 0 spiro atoms. The number of halogens is 2.